The molecule has 130 valence electrons. The Morgan fingerprint density at radius 1 is 1.25 bits per heavy atom. The summed E-state index contributed by atoms with van der Waals surface area (Å²) in [5.74, 6) is -0.520. The molecule has 0 bridgehead atoms. The second-order valence-corrected chi connectivity index (χ2v) is 11.8. The number of fused-ring (bicyclic) bond motifs is 1. The topological polar surface area (TPSA) is 65.7 Å². The van der Waals surface area contributed by atoms with Crippen LogP contribution < -0.4 is 10.8 Å². The SMILES string of the molecule is CCN(CC)C(=O)n1c([Si](C)(C)C)c(F)c2c(B(O)O)cccc21. The lowest BCUT2D eigenvalue weighted by molar-refractivity contribution is 0.206. The Bertz CT molecular complexity index is 767. The predicted octanol–water partition coefficient (Wildman–Crippen LogP) is 1.32. The molecule has 0 aliphatic heterocycles. The number of rotatable bonds is 4. The van der Waals surface area contributed by atoms with Gasteiger partial charge < -0.3 is 14.9 Å². The number of halogens is 1. The van der Waals surface area contributed by atoms with Crippen molar-refractivity contribution in [1.29, 1.82) is 0 Å². The van der Waals surface area contributed by atoms with E-state index < -0.39 is 21.0 Å². The summed E-state index contributed by atoms with van der Waals surface area (Å²) in [6, 6.07) is 4.44. The summed E-state index contributed by atoms with van der Waals surface area (Å²) in [6.07, 6.45) is 0. The third kappa shape index (κ3) is 3.01. The molecule has 5 nitrogen and oxygen atoms in total. The fourth-order valence-electron chi connectivity index (χ4n) is 3.03. The molecule has 1 heterocycles. The summed E-state index contributed by atoms with van der Waals surface area (Å²) in [5, 5.41) is 19.7. The molecule has 0 aliphatic carbocycles. The fraction of sp³-hybridized carbons (Fsp3) is 0.438. The van der Waals surface area contributed by atoms with Crippen molar-refractivity contribution in [2.75, 3.05) is 13.1 Å². The van der Waals surface area contributed by atoms with Crippen molar-refractivity contribution >= 4 is 42.9 Å². The van der Waals surface area contributed by atoms with Crippen LogP contribution in [0.2, 0.25) is 19.6 Å². The number of carbonyl (C=O) groups is 1. The van der Waals surface area contributed by atoms with Crippen molar-refractivity contribution in [2.45, 2.75) is 33.5 Å². The summed E-state index contributed by atoms with van der Waals surface area (Å²) in [7, 11) is -4.01. The van der Waals surface area contributed by atoms with E-state index in [0.717, 1.165) is 0 Å². The first-order valence-corrected chi connectivity index (χ1v) is 11.6. The van der Waals surface area contributed by atoms with Crippen LogP contribution in [-0.2, 0) is 0 Å². The van der Waals surface area contributed by atoms with Crippen molar-refractivity contribution in [3.05, 3.63) is 24.0 Å². The second-order valence-electron chi connectivity index (χ2n) is 6.82. The number of hydrogen-bond donors (Lipinski definition) is 2. The Hall–Kier alpha value is -1.64. The Labute approximate surface area is 142 Å². The zero-order chi connectivity index (χ0) is 18.2. The molecule has 1 aromatic heterocycles. The van der Waals surface area contributed by atoms with Crippen LogP contribution in [0.5, 0.6) is 0 Å². The normalized spacial score (nSPS) is 11.8. The molecule has 2 rings (SSSR count). The van der Waals surface area contributed by atoms with Crippen LogP contribution in [-0.4, -0.2) is 53.8 Å². The van der Waals surface area contributed by atoms with Crippen molar-refractivity contribution in [3.8, 4) is 0 Å². The lowest BCUT2D eigenvalue weighted by Gasteiger charge is -2.25. The molecule has 24 heavy (non-hydrogen) atoms. The predicted molar refractivity (Wildman–Crippen MR) is 98.4 cm³/mol. The van der Waals surface area contributed by atoms with Gasteiger partial charge in [-0.25, -0.2) is 9.18 Å². The van der Waals surface area contributed by atoms with E-state index in [0.29, 0.717) is 23.9 Å². The molecule has 0 fully saturated rings. The summed E-state index contributed by atoms with van der Waals surface area (Å²) in [6.45, 7) is 10.7. The summed E-state index contributed by atoms with van der Waals surface area (Å²) < 4.78 is 16.7. The third-order valence-corrected chi connectivity index (χ3v) is 6.04. The van der Waals surface area contributed by atoms with Crippen LogP contribution in [0.15, 0.2) is 18.2 Å². The highest BCUT2D eigenvalue weighted by Gasteiger charge is 2.34. The molecule has 0 atom stereocenters. The number of hydrogen-bond acceptors (Lipinski definition) is 3. The maximum absolute atomic E-state index is 15.3. The molecule has 0 spiro atoms. The average molecular weight is 350 g/mol. The molecule has 1 amide bonds. The average Bonchev–Trinajstić information content (AvgIpc) is 2.81. The van der Waals surface area contributed by atoms with Crippen LogP contribution in [0.1, 0.15) is 13.8 Å². The van der Waals surface area contributed by atoms with Crippen molar-refractivity contribution < 1.29 is 19.2 Å². The zero-order valence-corrected chi connectivity index (χ0v) is 15.8. The fourth-order valence-corrected chi connectivity index (χ4v) is 4.70. The molecule has 0 radical (unpaired) electrons. The van der Waals surface area contributed by atoms with Crippen molar-refractivity contribution in [3.63, 3.8) is 0 Å². The van der Waals surface area contributed by atoms with Gasteiger partial charge in [-0.05, 0) is 25.4 Å². The van der Waals surface area contributed by atoms with Gasteiger partial charge >= 0.3 is 13.1 Å². The maximum Gasteiger partial charge on any atom is 0.489 e. The molecule has 2 aromatic rings. The standard InChI is InChI=1S/C16H24BFN2O3Si/c1-6-19(7-2)16(21)20-12-10-8-9-11(17(22)23)13(12)14(18)15(20)24(3,4)5/h8-10,22-23H,6-7H2,1-5H3. The zero-order valence-electron chi connectivity index (χ0n) is 14.8. The summed E-state index contributed by atoms with van der Waals surface area (Å²) in [5.41, 5.74) is 0.461. The van der Waals surface area contributed by atoms with Gasteiger partial charge in [-0.3, -0.25) is 4.57 Å². The monoisotopic (exact) mass is 350 g/mol. The van der Waals surface area contributed by atoms with Crippen molar-refractivity contribution in [1.82, 2.24) is 9.47 Å². The van der Waals surface area contributed by atoms with Crippen LogP contribution in [0.3, 0.4) is 0 Å². The highest BCUT2D eigenvalue weighted by Crippen LogP contribution is 2.21. The van der Waals surface area contributed by atoms with Crippen molar-refractivity contribution in [2.24, 2.45) is 0 Å². The van der Waals surface area contributed by atoms with E-state index in [1.807, 2.05) is 33.5 Å². The van der Waals surface area contributed by atoms with E-state index in [1.165, 1.54) is 10.6 Å². The van der Waals surface area contributed by atoms with E-state index in [2.05, 4.69) is 0 Å². The molecule has 0 aliphatic rings. The first kappa shape index (κ1) is 18.7. The van der Waals surface area contributed by atoms with Gasteiger partial charge in [0.25, 0.3) is 0 Å². The van der Waals surface area contributed by atoms with E-state index in [9.17, 15) is 14.8 Å². The first-order chi connectivity index (χ1) is 11.1. The number of amides is 1. The van der Waals surface area contributed by atoms with Crippen LogP contribution in [0.4, 0.5) is 9.18 Å². The number of carbonyl (C=O) groups excluding carboxylic acids is 1. The smallest absolute Gasteiger partial charge is 0.423 e. The Morgan fingerprint density at radius 3 is 2.29 bits per heavy atom. The minimum absolute atomic E-state index is 0.0793. The van der Waals surface area contributed by atoms with E-state index in [4.69, 9.17) is 0 Å². The minimum Gasteiger partial charge on any atom is -0.423 e. The van der Waals surface area contributed by atoms with Gasteiger partial charge in [0.15, 0.2) is 0 Å². The molecule has 0 saturated heterocycles. The molecule has 2 N–H and O–H groups in total. The largest absolute Gasteiger partial charge is 0.489 e. The van der Waals surface area contributed by atoms with Gasteiger partial charge in [-0.15, -0.1) is 0 Å². The van der Waals surface area contributed by atoms with Crippen LogP contribution in [0.25, 0.3) is 10.9 Å². The van der Waals surface area contributed by atoms with Gasteiger partial charge in [-0.2, -0.15) is 0 Å². The number of benzene rings is 1. The highest BCUT2D eigenvalue weighted by molar-refractivity contribution is 6.88. The number of aromatic nitrogens is 1. The molecule has 8 heteroatoms. The Morgan fingerprint density at radius 2 is 1.83 bits per heavy atom. The lowest BCUT2D eigenvalue weighted by atomic mass is 9.78. The van der Waals surface area contributed by atoms with Gasteiger partial charge in [-0.1, -0.05) is 31.8 Å². The van der Waals surface area contributed by atoms with Gasteiger partial charge in [0.2, 0.25) is 0 Å². The maximum atomic E-state index is 15.3. The first-order valence-electron chi connectivity index (χ1n) is 8.13. The summed E-state index contributed by atoms with van der Waals surface area (Å²) in [4.78, 5) is 14.6. The molecule has 0 unspecified atom stereocenters. The van der Waals surface area contributed by atoms with Crippen LogP contribution in [0, 0.1) is 5.82 Å². The second kappa shape index (κ2) is 6.70. The van der Waals surface area contributed by atoms with E-state index >= 15 is 4.39 Å². The van der Waals surface area contributed by atoms with Gasteiger partial charge in [0, 0.05) is 23.8 Å². The van der Waals surface area contributed by atoms with Gasteiger partial charge in [0.05, 0.1) is 5.52 Å². The molecule has 1 aromatic carbocycles. The van der Waals surface area contributed by atoms with Gasteiger partial charge in [0.1, 0.15) is 13.9 Å². The van der Waals surface area contributed by atoms with E-state index in [1.54, 1.807) is 17.0 Å². The Balaban J connectivity index is 2.92. The molecular formula is C16H24BFN2O3Si. The molecule has 0 saturated carbocycles. The Kier molecular flexibility index (Phi) is 5.22. The number of nitrogens with zero attached hydrogens (tertiary/aromatic N) is 2. The van der Waals surface area contributed by atoms with Crippen LogP contribution >= 0.6 is 0 Å². The van der Waals surface area contributed by atoms with E-state index in [-0.39, 0.29) is 16.9 Å². The molecular weight excluding hydrogens is 326 g/mol. The third-order valence-electron chi connectivity index (χ3n) is 4.18. The highest BCUT2D eigenvalue weighted by atomic mass is 28.3. The minimum atomic E-state index is -2.22. The lowest BCUT2D eigenvalue weighted by Crippen LogP contribution is -2.49. The summed E-state index contributed by atoms with van der Waals surface area (Å²) >= 11 is 0. The quantitative estimate of drug-likeness (QED) is 0.818.